The minimum absolute atomic E-state index is 0.0760. The Balaban J connectivity index is 1.38. The number of unbranched alkanes of at least 4 members (excludes halogenated alkanes) is 10. The summed E-state index contributed by atoms with van der Waals surface area (Å²) in [4.78, 5) is 12.3. The molecular formula is C29H38O2. The summed E-state index contributed by atoms with van der Waals surface area (Å²) in [5.74, 6) is -0.0760. The first kappa shape index (κ1) is 23.3. The topological polar surface area (TPSA) is 26.3 Å². The minimum atomic E-state index is -0.0760. The minimum Gasteiger partial charge on any atom is -0.461 e. The second kappa shape index (κ2) is 13.1. The molecule has 3 aromatic carbocycles. The molecule has 0 heterocycles. The maximum absolute atomic E-state index is 12.3. The van der Waals surface area contributed by atoms with Crippen LogP contribution in [0.25, 0.3) is 21.5 Å². The molecule has 3 aromatic rings. The largest absolute Gasteiger partial charge is 0.461 e. The highest BCUT2D eigenvalue weighted by atomic mass is 16.5. The van der Waals surface area contributed by atoms with Gasteiger partial charge in [0.25, 0.3) is 0 Å². The van der Waals surface area contributed by atoms with E-state index in [0.29, 0.717) is 13.0 Å². The number of ether oxygens (including phenoxy) is 1. The number of fused-ring (bicyclic) bond motifs is 2. The van der Waals surface area contributed by atoms with Crippen molar-refractivity contribution in [3.05, 3.63) is 60.2 Å². The summed E-state index contributed by atoms with van der Waals surface area (Å²) < 4.78 is 5.70. The van der Waals surface area contributed by atoms with Gasteiger partial charge in [0.05, 0.1) is 0 Å². The van der Waals surface area contributed by atoms with Crippen molar-refractivity contribution in [2.45, 2.75) is 90.6 Å². The van der Waals surface area contributed by atoms with Crippen LogP contribution < -0.4 is 0 Å². The molecule has 0 atom stereocenters. The summed E-state index contributed by atoms with van der Waals surface area (Å²) in [5, 5.41) is 4.72. The van der Waals surface area contributed by atoms with Gasteiger partial charge >= 0.3 is 5.97 Å². The quantitative estimate of drug-likeness (QED) is 0.149. The lowest BCUT2D eigenvalue weighted by molar-refractivity contribution is -0.145. The fraction of sp³-hybridized carbons (Fsp3) is 0.483. The lowest BCUT2D eigenvalue weighted by Crippen LogP contribution is -2.05. The Bertz CT molecular complexity index is 890. The second-order valence-corrected chi connectivity index (χ2v) is 8.74. The van der Waals surface area contributed by atoms with Crippen molar-refractivity contribution in [2.24, 2.45) is 0 Å². The average molecular weight is 419 g/mol. The zero-order chi connectivity index (χ0) is 21.7. The molecule has 31 heavy (non-hydrogen) atoms. The van der Waals surface area contributed by atoms with E-state index in [9.17, 15) is 4.79 Å². The number of hydrogen-bond acceptors (Lipinski definition) is 2. The van der Waals surface area contributed by atoms with Crippen LogP contribution in [0.1, 0.15) is 89.5 Å². The second-order valence-electron chi connectivity index (χ2n) is 8.74. The van der Waals surface area contributed by atoms with E-state index in [4.69, 9.17) is 4.74 Å². The summed E-state index contributed by atoms with van der Waals surface area (Å²) in [6.07, 6.45) is 14.7. The van der Waals surface area contributed by atoms with Crippen LogP contribution in [0.5, 0.6) is 0 Å². The van der Waals surface area contributed by atoms with Crippen LogP contribution in [-0.4, -0.2) is 5.97 Å². The van der Waals surface area contributed by atoms with Crippen molar-refractivity contribution in [1.82, 2.24) is 0 Å². The molecule has 0 unspecified atom stereocenters. The highest BCUT2D eigenvalue weighted by Crippen LogP contribution is 2.29. The third-order valence-electron chi connectivity index (χ3n) is 6.24. The molecule has 3 rings (SSSR count). The van der Waals surface area contributed by atoms with E-state index in [1.807, 2.05) is 12.1 Å². The maximum Gasteiger partial charge on any atom is 0.306 e. The molecule has 0 saturated heterocycles. The molecule has 2 heteroatoms. The molecule has 0 aliphatic rings. The third-order valence-corrected chi connectivity index (χ3v) is 6.24. The predicted molar refractivity (Wildman–Crippen MR) is 132 cm³/mol. The molecule has 166 valence electrons. The van der Waals surface area contributed by atoms with E-state index in [1.54, 1.807) is 0 Å². The van der Waals surface area contributed by atoms with Crippen molar-refractivity contribution in [3.8, 4) is 0 Å². The Kier molecular flexibility index (Phi) is 9.89. The van der Waals surface area contributed by atoms with Gasteiger partial charge in [-0.3, -0.25) is 4.79 Å². The van der Waals surface area contributed by atoms with Crippen LogP contribution in [0.4, 0.5) is 0 Å². The molecule has 0 aliphatic carbocycles. The highest BCUT2D eigenvalue weighted by Gasteiger charge is 2.10. The number of carbonyl (C=O) groups excluding carboxylic acids is 1. The van der Waals surface area contributed by atoms with E-state index in [2.05, 4.69) is 49.4 Å². The van der Waals surface area contributed by atoms with Crippen molar-refractivity contribution in [3.63, 3.8) is 0 Å². The lowest BCUT2D eigenvalue weighted by Gasteiger charge is -2.12. The Morgan fingerprint density at radius 2 is 1.16 bits per heavy atom. The Morgan fingerprint density at radius 1 is 0.677 bits per heavy atom. The Hall–Kier alpha value is -2.35. The molecule has 0 radical (unpaired) electrons. The van der Waals surface area contributed by atoms with Crippen LogP contribution in [0.15, 0.2) is 54.6 Å². The molecule has 0 amide bonds. The van der Waals surface area contributed by atoms with Gasteiger partial charge < -0.3 is 4.74 Å². The number of hydrogen-bond donors (Lipinski definition) is 0. The van der Waals surface area contributed by atoms with Gasteiger partial charge in [0, 0.05) is 12.0 Å². The number of benzene rings is 3. The molecular weight excluding hydrogens is 380 g/mol. The zero-order valence-electron chi connectivity index (χ0n) is 19.2. The standard InChI is InChI=1S/C29H38O2/c1-2-3-4-5-6-7-8-9-10-11-12-21-29(30)31-23-28-26-19-15-13-17-24(26)22-25-18-14-16-20-27(25)28/h13-20,22H,2-12,21,23H2,1H3. The normalized spacial score (nSPS) is 11.3. The van der Waals surface area contributed by atoms with E-state index in [1.165, 1.54) is 79.3 Å². The van der Waals surface area contributed by atoms with Gasteiger partial charge in [-0.1, -0.05) is 120 Å². The van der Waals surface area contributed by atoms with E-state index in [-0.39, 0.29) is 5.97 Å². The number of carbonyl (C=O) groups is 1. The third kappa shape index (κ3) is 7.38. The van der Waals surface area contributed by atoms with Gasteiger partial charge in [0.2, 0.25) is 0 Å². The highest BCUT2D eigenvalue weighted by molar-refractivity contribution is 6.02. The monoisotopic (exact) mass is 418 g/mol. The number of rotatable bonds is 14. The summed E-state index contributed by atoms with van der Waals surface area (Å²) in [5.41, 5.74) is 1.11. The van der Waals surface area contributed by atoms with Gasteiger partial charge in [0.1, 0.15) is 6.61 Å². The van der Waals surface area contributed by atoms with Gasteiger partial charge in [0.15, 0.2) is 0 Å². The van der Waals surface area contributed by atoms with Crippen molar-refractivity contribution in [2.75, 3.05) is 0 Å². The predicted octanol–water partition coefficient (Wildman–Crippen LogP) is 8.74. The Morgan fingerprint density at radius 3 is 1.71 bits per heavy atom. The number of esters is 1. The molecule has 0 spiro atoms. The van der Waals surface area contributed by atoms with Crippen LogP contribution in [0, 0.1) is 0 Å². The van der Waals surface area contributed by atoms with E-state index in [0.717, 1.165) is 18.4 Å². The van der Waals surface area contributed by atoms with Crippen molar-refractivity contribution >= 4 is 27.5 Å². The van der Waals surface area contributed by atoms with Gasteiger partial charge in [-0.2, -0.15) is 0 Å². The summed E-state index contributed by atoms with van der Waals surface area (Å²) in [6, 6.07) is 18.9. The van der Waals surface area contributed by atoms with Crippen molar-refractivity contribution < 1.29 is 9.53 Å². The van der Waals surface area contributed by atoms with E-state index < -0.39 is 0 Å². The molecule has 0 aliphatic heterocycles. The first-order chi connectivity index (χ1) is 15.3. The SMILES string of the molecule is CCCCCCCCCCCCCC(=O)OCc1c2ccccc2cc2ccccc12. The maximum atomic E-state index is 12.3. The molecule has 0 aromatic heterocycles. The van der Waals surface area contributed by atoms with Crippen LogP contribution in [0.2, 0.25) is 0 Å². The molecule has 0 bridgehead atoms. The van der Waals surface area contributed by atoms with Crippen molar-refractivity contribution in [1.29, 1.82) is 0 Å². The van der Waals surface area contributed by atoms with E-state index >= 15 is 0 Å². The zero-order valence-corrected chi connectivity index (χ0v) is 19.2. The van der Waals surface area contributed by atoms with Crippen LogP contribution in [-0.2, 0) is 16.1 Å². The molecule has 0 saturated carbocycles. The smallest absolute Gasteiger partial charge is 0.306 e. The first-order valence-electron chi connectivity index (χ1n) is 12.3. The summed E-state index contributed by atoms with van der Waals surface area (Å²) in [7, 11) is 0. The Labute approximate surface area is 188 Å². The summed E-state index contributed by atoms with van der Waals surface area (Å²) in [6.45, 7) is 2.61. The molecule has 2 nitrogen and oxygen atoms in total. The molecule has 0 N–H and O–H groups in total. The lowest BCUT2D eigenvalue weighted by atomic mass is 9.97. The van der Waals surface area contributed by atoms with Gasteiger partial charge in [-0.25, -0.2) is 0 Å². The summed E-state index contributed by atoms with van der Waals surface area (Å²) >= 11 is 0. The first-order valence-corrected chi connectivity index (χ1v) is 12.3. The van der Waals surface area contributed by atoms with Gasteiger partial charge in [-0.15, -0.1) is 0 Å². The molecule has 0 fully saturated rings. The van der Waals surface area contributed by atoms with Crippen LogP contribution in [0.3, 0.4) is 0 Å². The fourth-order valence-corrected chi connectivity index (χ4v) is 4.42. The average Bonchev–Trinajstić information content (AvgIpc) is 2.80. The fourth-order valence-electron chi connectivity index (χ4n) is 4.42. The van der Waals surface area contributed by atoms with Crippen LogP contribution >= 0.6 is 0 Å². The van der Waals surface area contributed by atoms with Gasteiger partial charge in [-0.05, 0) is 34.0 Å².